The van der Waals surface area contributed by atoms with E-state index in [0.29, 0.717) is 5.13 Å². The van der Waals surface area contributed by atoms with E-state index in [0.717, 1.165) is 34.1 Å². The van der Waals surface area contributed by atoms with Crippen molar-refractivity contribution in [2.24, 2.45) is 0 Å². The number of carbonyl (C=O) groups is 1. The van der Waals surface area contributed by atoms with Gasteiger partial charge in [-0.15, -0.1) is 21.5 Å². The Bertz CT molecular complexity index is 813. The van der Waals surface area contributed by atoms with Crippen molar-refractivity contribution in [3.8, 4) is 10.6 Å². The molecular formula is C18H20N4OS2. The molecule has 1 amide bonds. The van der Waals surface area contributed by atoms with Gasteiger partial charge in [0.1, 0.15) is 10.0 Å². The molecule has 7 heteroatoms. The Labute approximate surface area is 155 Å². The third-order valence-electron chi connectivity index (χ3n) is 3.62. The molecular weight excluding hydrogens is 352 g/mol. The minimum atomic E-state index is -0.110. The van der Waals surface area contributed by atoms with Gasteiger partial charge < -0.3 is 5.32 Å². The van der Waals surface area contributed by atoms with Crippen LogP contribution in [0, 0.1) is 0 Å². The molecule has 1 aromatic carbocycles. The van der Waals surface area contributed by atoms with Crippen LogP contribution < -0.4 is 5.32 Å². The number of carbonyl (C=O) groups excluding carboxylic acids is 1. The first kappa shape index (κ1) is 17.7. The lowest BCUT2D eigenvalue weighted by molar-refractivity contribution is -0.115. The highest BCUT2D eigenvalue weighted by molar-refractivity contribution is 7.15. The fourth-order valence-electron chi connectivity index (χ4n) is 2.36. The van der Waals surface area contributed by atoms with E-state index in [9.17, 15) is 4.79 Å². The van der Waals surface area contributed by atoms with Gasteiger partial charge in [-0.25, -0.2) is 4.98 Å². The Morgan fingerprint density at radius 3 is 2.80 bits per heavy atom. The normalized spacial score (nSPS) is 10.8. The number of rotatable bonds is 8. The third kappa shape index (κ3) is 5.17. The summed E-state index contributed by atoms with van der Waals surface area (Å²) in [5.74, 6) is -0.110. The van der Waals surface area contributed by atoms with E-state index in [4.69, 9.17) is 0 Å². The smallest absolute Gasteiger partial charge is 0.232 e. The van der Waals surface area contributed by atoms with Crippen molar-refractivity contribution >= 4 is 33.7 Å². The lowest BCUT2D eigenvalue weighted by Gasteiger charge is -1.98. The molecule has 0 atom stereocenters. The first-order valence-corrected chi connectivity index (χ1v) is 10.1. The minimum Gasteiger partial charge on any atom is -0.300 e. The molecule has 0 unspecified atom stereocenters. The van der Waals surface area contributed by atoms with Crippen LogP contribution >= 0.6 is 22.7 Å². The largest absolute Gasteiger partial charge is 0.300 e. The molecule has 3 rings (SSSR count). The van der Waals surface area contributed by atoms with Gasteiger partial charge in [0.05, 0.1) is 12.1 Å². The summed E-state index contributed by atoms with van der Waals surface area (Å²) >= 11 is 3.00. The Kier molecular flexibility index (Phi) is 6.25. The molecule has 0 fully saturated rings. The molecule has 0 aliphatic carbocycles. The van der Waals surface area contributed by atoms with Gasteiger partial charge in [-0.2, -0.15) is 0 Å². The lowest BCUT2D eigenvalue weighted by Crippen LogP contribution is -2.14. The average molecular weight is 373 g/mol. The Morgan fingerprint density at radius 1 is 1.16 bits per heavy atom. The predicted molar refractivity (Wildman–Crippen MR) is 103 cm³/mol. The summed E-state index contributed by atoms with van der Waals surface area (Å²) in [6.45, 7) is 2.17. The SMILES string of the molecule is CCCCCc1nnc(NC(=O)Cc2csc(-c3ccccc3)n2)s1. The summed E-state index contributed by atoms with van der Waals surface area (Å²) < 4.78 is 0. The molecule has 5 nitrogen and oxygen atoms in total. The molecule has 0 aliphatic rings. The van der Waals surface area contributed by atoms with Crippen LogP contribution in [0.5, 0.6) is 0 Å². The number of aromatic nitrogens is 3. The second-order valence-corrected chi connectivity index (χ2v) is 7.61. The van der Waals surface area contributed by atoms with Gasteiger partial charge >= 0.3 is 0 Å². The van der Waals surface area contributed by atoms with Crippen molar-refractivity contribution in [3.05, 3.63) is 46.4 Å². The van der Waals surface area contributed by atoms with Gasteiger partial charge in [0, 0.05) is 17.4 Å². The predicted octanol–water partition coefficient (Wildman–Crippen LogP) is 4.58. The Hall–Kier alpha value is -2.12. The molecule has 0 saturated carbocycles. The zero-order valence-electron chi connectivity index (χ0n) is 14.1. The first-order valence-electron chi connectivity index (χ1n) is 8.36. The fourth-order valence-corrected chi connectivity index (χ4v) is 3.98. The summed E-state index contributed by atoms with van der Waals surface area (Å²) in [5.41, 5.74) is 1.84. The van der Waals surface area contributed by atoms with Crippen molar-refractivity contribution in [2.45, 2.75) is 39.0 Å². The zero-order chi connectivity index (χ0) is 17.5. The number of nitrogens with one attached hydrogen (secondary N) is 1. The van der Waals surface area contributed by atoms with Crippen LogP contribution in [0.25, 0.3) is 10.6 Å². The van der Waals surface area contributed by atoms with E-state index in [1.165, 1.54) is 24.2 Å². The van der Waals surface area contributed by atoms with E-state index < -0.39 is 0 Å². The highest BCUT2D eigenvalue weighted by atomic mass is 32.1. The molecule has 0 radical (unpaired) electrons. The molecule has 0 bridgehead atoms. The summed E-state index contributed by atoms with van der Waals surface area (Å²) in [6, 6.07) is 9.98. The number of aryl methyl sites for hydroxylation is 1. The van der Waals surface area contributed by atoms with Crippen LogP contribution in [-0.2, 0) is 17.6 Å². The van der Waals surface area contributed by atoms with Gasteiger partial charge in [0.2, 0.25) is 11.0 Å². The first-order chi connectivity index (χ1) is 12.2. The quantitative estimate of drug-likeness (QED) is 0.588. The number of thiazole rings is 1. The van der Waals surface area contributed by atoms with Crippen LogP contribution in [-0.4, -0.2) is 21.1 Å². The van der Waals surface area contributed by atoms with E-state index >= 15 is 0 Å². The molecule has 130 valence electrons. The summed E-state index contributed by atoms with van der Waals surface area (Å²) in [7, 11) is 0. The zero-order valence-corrected chi connectivity index (χ0v) is 15.7. The van der Waals surface area contributed by atoms with Crippen LogP contribution in [0.1, 0.15) is 36.9 Å². The maximum atomic E-state index is 12.2. The molecule has 2 heterocycles. The van der Waals surface area contributed by atoms with E-state index in [1.807, 2.05) is 35.7 Å². The molecule has 0 aliphatic heterocycles. The van der Waals surface area contributed by atoms with Gasteiger partial charge in [-0.3, -0.25) is 4.79 Å². The van der Waals surface area contributed by atoms with Crippen molar-refractivity contribution < 1.29 is 4.79 Å². The monoisotopic (exact) mass is 372 g/mol. The number of anilines is 1. The Balaban J connectivity index is 1.54. The standard InChI is InChI=1S/C18H20N4OS2/c1-2-3-5-10-16-21-22-18(25-16)20-15(23)11-14-12-24-17(19-14)13-8-6-4-7-9-13/h4,6-9,12H,2-3,5,10-11H2,1H3,(H,20,22,23). The number of unbranched alkanes of at least 4 members (excludes halogenated alkanes) is 2. The maximum Gasteiger partial charge on any atom is 0.232 e. The van der Waals surface area contributed by atoms with E-state index in [-0.39, 0.29) is 12.3 Å². The summed E-state index contributed by atoms with van der Waals surface area (Å²) in [4.78, 5) is 16.7. The highest BCUT2D eigenvalue weighted by Crippen LogP contribution is 2.24. The number of hydrogen-bond donors (Lipinski definition) is 1. The minimum absolute atomic E-state index is 0.110. The van der Waals surface area contributed by atoms with E-state index in [2.05, 4.69) is 27.4 Å². The summed E-state index contributed by atoms with van der Waals surface area (Å²) in [5, 5.41) is 15.4. The number of nitrogens with zero attached hydrogens (tertiary/aromatic N) is 3. The van der Waals surface area contributed by atoms with Gasteiger partial charge in [0.25, 0.3) is 0 Å². The van der Waals surface area contributed by atoms with E-state index in [1.54, 1.807) is 11.3 Å². The van der Waals surface area contributed by atoms with Crippen LogP contribution in [0.2, 0.25) is 0 Å². The fraction of sp³-hybridized carbons (Fsp3) is 0.333. The van der Waals surface area contributed by atoms with Gasteiger partial charge in [0.15, 0.2) is 0 Å². The third-order valence-corrected chi connectivity index (χ3v) is 5.46. The number of amides is 1. The molecule has 0 saturated heterocycles. The molecule has 2 aromatic heterocycles. The highest BCUT2D eigenvalue weighted by Gasteiger charge is 2.11. The topological polar surface area (TPSA) is 67.8 Å². The number of benzene rings is 1. The van der Waals surface area contributed by atoms with Crippen LogP contribution in [0.3, 0.4) is 0 Å². The second kappa shape index (κ2) is 8.82. The van der Waals surface area contributed by atoms with Crippen LogP contribution in [0.4, 0.5) is 5.13 Å². The van der Waals surface area contributed by atoms with Crippen molar-refractivity contribution in [1.29, 1.82) is 0 Å². The summed E-state index contributed by atoms with van der Waals surface area (Å²) in [6.07, 6.45) is 4.65. The van der Waals surface area contributed by atoms with Crippen molar-refractivity contribution in [2.75, 3.05) is 5.32 Å². The maximum absolute atomic E-state index is 12.2. The number of hydrogen-bond acceptors (Lipinski definition) is 6. The van der Waals surface area contributed by atoms with Gasteiger partial charge in [-0.05, 0) is 6.42 Å². The molecule has 0 spiro atoms. The van der Waals surface area contributed by atoms with Crippen LogP contribution in [0.15, 0.2) is 35.7 Å². The molecule has 25 heavy (non-hydrogen) atoms. The van der Waals surface area contributed by atoms with Gasteiger partial charge in [-0.1, -0.05) is 61.4 Å². The molecule has 3 aromatic rings. The Morgan fingerprint density at radius 2 is 2.00 bits per heavy atom. The lowest BCUT2D eigenvalue weighted by atomic mass is 10.2. The van der Waals surface area contributed by atoms with Crippen molar-refractivity contribution in [3.63, 3.8) is 0 Å². The second-order valence-electron chi connectivity index (χ2n) is 5.69. The van der Waals surface area contributed by atoms with Crippen molar-refractivity contribution in [1.82, 2.24) is 15.2 Å². The average Bonchev–Trinajstić information content (AvgIpc) is 3.26. The molecule has 1 N–H and O–H groups in total.